The van der Waals surface area contributed by atoms with E-state index in [1.165, 1.54) is 5.56 Å². The molecule has 0 aliphatic carbocycles. The molecule has 0 bridgehead atoms. The van der Waals surface area contributed by atoms with Crippen molar-refractivity contribution in [3.05, 3.63) is 83.8 Å². The zero-order valence-electron chi connectivity index (χ0n) is 13.8. The molecule has 0 atom stereocenters. The number of hydrogen-bond donors (Lipinski definition) is 0. The molecule has 0 saturated carbocycles. The second-order valence-electron chi connectivity index (χ2n) is 5.15. The van der Waals surface area contributed by atoms with Gasteiger partial charge in [-0.25, -0.2) is 0 Å². The van der Waals surface area contributed by atoms with Crippen molar-refractivity contribution in [1.29, 1.82) is 0 Å². The maximum absolute atomic E-state index is 5.89. The monoisotopic (exact) mass is 310 g/mol. The molecule has 23 heavy (non-hydrogen) atoms. The fraction of sp³-hybridized carbons (Fsp3) is 0.200. The summed E-state index contributed by atoms with van der Waals surface area (Å²) in [6.45, 7) is 6.43. The third-order valence-electron chi connectivity index (χ3n) is 3.51. The van der Waals surface area contributed by atoms with E-state index in [-0.39, 0.29) is 0 Å². The largest absolute Gasteiger partial charge is 0.504 e. The molecule has 0 N–H and O–H groups in total. The van der Waals surface area contributed by atoms with Crippen LogP contribution in [0.1, 0.15) is 16.7 Å². The maximum atomic E-state index is 5.89. The minimum Gasteiger partial charge on any atom is -0.504 e. The lowest BCUT2D eigenvalue weighted by Gasteiger charge is -2.15. The van der Waals surface area contributed by atoms with Crippen LogP contribution in [0.2, 0.25) is 0 Å². The van der Waals surface area contributed by atoms with Gasteiger partial charge in [0, 0.05) is 0 Å². The van der Waals surface area contributed by atoms with Crippen LogP contribution in [0.4, 0.5) is 0 Å². The molecule has 0 aliphatic heterocycles. The molecule has 0 fully saturated rings. The third-order valence-corrected chi connectivity index (χ3v) is 3.51. The van der Waals surface area contributed by atoms with E-state index in [0.717, 1.165) is 22.4 Å². The highest BCUT2D eigenvalue weighted by Gasteiger charge is 2.12. The summed E-state index contributed by atoms with van der Waals surface area (Å²) in [6, 6.07) is 16.0. The quantitative estimate of drug-likeness (QED) is 0.547. The van der Waals surface area contributed by atoms with Gasteiger partial charge in [-0.3, -0.25) is 0 Å². The van der Waals surface area contributed by atoms with E-state index in [2.05, 4.69) is 13.5 Å². The Balaban J connectivity index is 2.24. The van der Waals surface area contributed by atoms with Crippen molar-refractivity contribution in [2.45, 2.75) is 13.5 Å². The van der Waals surface area contributed by atoms with Crippen LogP contribution in [0.3, 0.4) is 0 Å². The lowest BCUT2D eigenvalue weighted by molar-refractivity contribution is 0.300. The molecule has 0 spiro atoms. The van der Waals surface area contributed by atoms with Gasteiger partial charge in [0.15, 0.2) is 0 Å². The van der Waals surface area contributed by atoms with Crippen molar-refractivity contribution >= 4 is 5.57 Å². The van der Waals surface area contributed by atoms with Gasteiger partial charge in [-0.15, -0.1) is 0 Å². The third kappa shape index (κ3) is 4.39. The Labute approximate surface area is 137 Å². The lowest BCUT2D eigenvalue weighted by Crippen LogP contribution is -2.02. The van der Waals surface area contributed by atoms with E-state index in [1.807, 2.05) is 48.5 Å². The van der Waals surface area contributed by atoms with Crippen LogP contribution in [0, 0.1) is 6.92 Å². The first-order valence-corrected chi connectivity index (χ1v) is 7.39. The van der Waals surface area contributed by atoms with Crippen LogP contribution in [0.25, 0.3) is 5.57 Å². The van der Waals surface area contributed by atoms with Crippen molar-refractivity contribution in [2.75, 3.05) is 14.2 Å². The molecule has 3 nitrogen and oxygen atoms in total. The number of allylic oxidation sites excluding steroid dienone is 1. The lowest BCUT2D eigenvalue weighted by atomic mass is 10.00. The normalized spacial score (nSPS) is 11.0. The van der Waals surface area contributed by atoms with Crippen LogP contribution in [0.15, 0.2) is 67.1 Å². The van der Waals surface area contributed by atoms with Gasteiger partial charge in [-0.05, 0) is 30.2 Å². The van der Waals surface area contributed by atoms with Gasteiger partial charge in [-0.2, -0.15) is 0 Å². The van der Waals surface area contributed by atoms with Crippen molar-refractivity contribution < 1.29 is 14.2 Å². The van der Waals surface area contributed by atoms with Gasteiger partial charge in [0.25, 0.3) is 0 Å². The van der Waals surface area contributed by atoms with Gasteiger partial charge in [0.2, 0.25) is 0 Å². The van der Waals surface area contributed by atoms with Crippen molar-refractivity contribution in [3.63, 3.8) is 0 Å². The van der Waals surface area contributed by atoms with Crippen LogP contribution in [0.5, 0.6) is 5.75 Å². The molecule has 2 rings (SSSR count). The SMILES string of the molecule is C=C(OC)/C(=C/OC)c1ccccc1COc1ccc(C)cc1. The summed E-state index contributed by atoms with van der Waals surface area (Å²) in [5, 5.41) is 0. The molecule has 2 aromatic carbocycles. The Morgan fingerprint density at radius 2 is 1.74 bits per heavy atom. The number of hydrogen-bond acceptors (Lipinski definition) is 3. The summed E-state index contributed by atoms with van der Waals surface area (Å²) in [5.74, 6) is 1.39. The fourth-order valence-corrected chi connectivity index (χ4v) is 2.21. The highest BCUT2D eigenvalue weighted by molar-refractivity contribution is 5.77. The topological polar surface area (TPSA) is 27.7 Å². The summed E-state index contributed by atoms with van der Waals surface area (Å²) in [7, 11) is 3.20. The summed E-state index contributed by atoms with van der Waals surface area (Å²) in [6.07, 6.45) is 1.64. The second-order valence-corrected chi connectivity index (χ2v) is 5.15. The van der Waals surface area contributed by atoms with E-state index >= 15 is 0 Å². The Morgan fingerprint density at radius 3 is 2.39 bits per heavy atom. The summed E-state index contributed by atoms with van der Waals surface area (Å²) in [5.41, 5.74) is 4.03. The minimum atomic E-state index is 0.456. The number of methoxy groups -OCH3 is 2. The van der Waals surface area contributed by atoms with Crippen molar-refractivity contribution in [1.82, 2.24) is 0 Å². The predicted molar refractivity (Wildman–Crippen MR) is 93.1 cm³/mol. The second kappa shape index (κ2) is 8.08. The molecule has 0 aromatic heterocycles. The molecular formula is C20H22O3. The highest BCUT2D eigenvalue weighted by atomic mass is 16.5. The Bertz CT molecular complexity index is 684. The van der Waals surface area contributed by atoms with Gasteiger partial charge >= 0.3 is 0 Å². The first-order chi connectivity index (χ1) is 11.2. The molecular weight excluding hydrogens is 288 g/mol. The van der Waals surface area contributed by atoms with E-state index in [4.69, 9.17) is 14.2 Å². The van der Waals surface area contributed by atoms with Gasteiger partial charge < -0.3 is 14.2 Å². The Hall–Kier alpha value is -2.68. The number of ether oxygens (including phenoxy) is 3. The first-order valence-electron chi connectivity index (χ1n) is 7.39. The zero-order valence-corrected chi connectivity index (χ0v) is 13.8. The van der Waals surface area contributed by atoms with E-state index < -0.39 is 0 Å². The molecule has 0 radical (unpaired) electrons. The van der Waals surface area contributed by atoms with Gasteiger partial charge in [0.1, 0.15) is 18.1 Å². The zero-order chi connectivity index (χ0) is 16.7. The number of rotatable bonds is 7. The summed E-state index contributed by atoms with van der Waals surface area (Å²) < 4.78 is 16.3. The summed E-state index contributed by atoms with van der Waals surface area (Å²) >= 11 is 0. The number of benzene rings is 2. The Morgan fingerprint density at radius 1 is 1.04 bits per heavy atom. The molecule has 2 aromatic rings. The predicted octanol–water partition coefficient (Wildman–Crippen LogP) is 4.72. The van der Waals surface area contributed by atoms with E-state index in [1.54, 1.807) is 20.5 Å². The van der Waals surface area contributed by atoms with Crippen LogP contribution in [-0.2, 0) is 16.1 Å². The first kappa shape index (κ1) is 16.7. The molecule has 0 unspecified atom stereocenters. The number of aryl methyl sites for hydroxylation is 1. The molecule has 0 heterocycles. The molecule has 3 heteroatoms. The van der Waals surface area contributed by atoms with Gasteiger partial charge in [-0.1, -0.05) is 48.5 Å². The standard InChI is InChI=1S/C20H22O3/c1-15-9-11-18(12-10-15)23-13-17-7-5-6-8-19(17)20(14-21-3)16(2)22-4/h5-12,14H,2,13H2,1,3-4H3/b20-14-. The van der Waals surface area contributed by atoms with Gasteiger partial charge in [0.05, 0.1) is 26.1 Å². The van der Waals surface area contributed by atoms with Crippen LogP contribution >= 0.6 is 0 Å². The summed E-state index contributed by atoms with van der Waals surface area (Å²) in [4.78, 5) is 0. The maximum Gasteiger partial charge on any atom is 0.122 e. The average molecular weight is 310 g/mol. The average Bonchev–Trinajstić information content (AvgIpc) is 2.59. The van der Waals surface area contributed by atoms with E-state index in [9.17, 15) is 0 Å². The Kier molecular flexibility index (Phi) is 5.87. The smallest absolute Gasteiger partial charge is 0.122 e. The minimum absolute atomic E-state index is 0.456. The highest BCUT2D eigenvalue weighted by Crippen LogP contribution is 2.27. The van der Waals surface area contributed by atoms with Crippen molar-refractivity contribution in [2.24, 2.45) is 0 Å². The molecule has 0 amide bonds. The fourth-order valence-electron chi connectivity index (χ4n) is 2.21. The molecule has 0 aliphatic rings. The van der Waals surface area contributed by atoms with E-state index in [0.29, 0.717) is 12.4 Å². The van der Waals surface area contributed by atoms with Crippen LogP contribution in [-0.4, -0.2) is 14.2 Å². The van der Waals surface area contributed by atoms with Crippen LogP contribution < -0.4 is 4.74 Å². The van der Waals surface area contributed by atoms with Crippen molar-refractivity contribution in [3.8, 4) is 5.75 Å². The molecule has 120 valence electrons. The molecule has 0 saturated heterocycles.